The Morgan fingerprint density at radius 3 is 1.25 bits per heavy atom. The molecule has 0 saturated heterocycles. The fourth-order valence-corrected chi connectivity index (χ4v) is 12.5. The van der Waals surface area contributed by atoms with Crippen LogP contribution in [0.3, 0.4) is 0 Å². The third kappa shape index (κ3) is 4.96. The van der Waals surface area contributed by atoms with E-state index in [0.29, 0.717) is 0 Å². The second-order valence-corrected chi connectivity index (χ2v) is 18.0. The van der Waals surface area contributed by atoms with Gasteiger partial charge in [-0.25, -0.2) is 0 Å². The van der Waals surface area contributed by atoms with Gasteiger partial charge in [0.2, 0.25) is 0 Å². The van der Waals surface area contributed by atoms with Crippen LogP contribution in [0.2, 0.25) is 0 Å². The van der Waals surface area contributed by atoms with Crippen LogP contribution in [0.4, 0.5) is 0 Å². The quantitative estimate of drug-likeness (QED) is 0.156. The molecule has 2 aromatic heterocycles. The molecule has 60 heavy (non-hydrogen) atoms. The summed E-state index contributed by atoms with van der Waals surface area (Å²) >= 11 is 3.80. The molecule has 0 fully saturated rings. The third-order valence-electron chi connectivity index (χ3n) is 12.6. The molecule has 0 aliphatic carbocycles. The van der Waals surface area contributed by atoms with E-state index in [9.17, 15) is 0 Å². The third-order valence-corrected chi connectivity index (χ3v) is 15.0. The minimum Gasteiger partial charge on any atom is -0.135 e. The van der Waals surface area contributed by atoms with Crippen molar-refractivity contribution in [3.05, 3.63) is 206 Å². The van der Waals surface area contributed by atoms with Crippen molar-refractivity contribution >= 4 is 106 Å². The summed E-state index contributed by atoms with van der Waals surface area (Å²) in [5.41, 5.74) is 10.2. The molecule has 0 unspecified atom stereocenters. The highest BCUT2D eigenvalue weighted by Gasteiger charge is 2.21. The highest BCUT2D eigenvalue weighted by atomic mass is 32.1. The topological polar surface area (TPSA) is 0 Å². The van der Waals surface area contributed by atoms with Crippen molar-refractivity contribution in [3.63, 3.8) is 0 Å². The molecule has 0 aliphatic heterocycles. The zero-order chi connectivity index (χ0) is 39.3. The first kappa shape index (κ1) is 33.8. The Morgan fingerprint density at radius 2 is 0.650 bits per heavy atom. The van der Waals surface area contributed by atoms with Crippen LogP contribution < -0.4 is 0 Å². The Bertz CT molecular complexity index is 3770. The van der Waals surface area contributed by atoms with Gasteiger partial charge >= 0.3 is 0 Å². The lowest BCUT2D eigenvalue weighted by atomic mass is 9.85. The van der Waals surface area contributed by atoms with E-state index < -0.39 is 0 Å². The van der Waals surface area contributed by atoms with Gasteiger partial charge in [-0.1, -0.05) is 182 Å². The molecule has 0 saturated carbocycles. The first-order valence-electron chi connectivity index (χ1n) is 20.6. The molecule has 0 nitrogen and oxygen atoms in total. The van der Waals surface area contributed by atoms with E-state index in [1.54, 1.807) is 0 Å². The minimum atomic E-state index is 1.24. The maximum Gasteiger partial charge on any atom is 0.0434 e. The Hall–Kier alpha value is -7.10. The van der Waals surface area contributed by atoms with Gasteiger partial charge in [0.05, 0.1) is 0 Å². The van der Waals surface area contributed by atoms with E-state index in [-0.39, 0.29) is 0 Å². The lowest BCUT2D eigenvalue weighted by Crippen LogP contribution is -1.91. The van der Waals surface area contributed by atoms with Crippen LogP contribution in [0.5, 0.6) is 0 Å². The van der Waals surface area contributed by atoms with E-state index in [0.717, 1.165) is 0 Å². The van der Waals surface area contributed by atoms with Crippen molar-refractivity contribution in [3.8, 4) is 44.5 Å². The van der Waals surface area contributed by atoms with E-state index >= 15 is 0 Å². The molecule has 0 aliphatic rings. The summed E-state index contributed by atoms with van der Waals surface area (Å²) in [6.45, 7) is 0. The molecule has 0 radical (unpaired) electrons. The van der Waals surface area contributed by atoms with Crippen LogP contribution in [0.15, 0.2) is 206 Å². The van der Waals surface area contributed by atoms with Crippen LogP contribution in [0, 0.1) is 0 Å². The van der Waals surface area contributed by atoms with Gasteiger partial charge in [0, 0.05) is 45.9 Å². The van der Waals surface area contributed by atoms with E-state index in [2.05, 4.69) is 206 Å². The van der Waals surface area contributed by atoms with E-state index in [1.807, 2.05) is 22.7 Å². The fraction of sp³-hybridized carbons (Fsp3) is 0. The van der Waals surface area contributed by atoms with Crippen LogP contribution in [0.25, 0.3) is 128 Å². The summed E-state index contributed by atoms with van der Waals surface area (Å²) < 4.78 is 5.29. The monoisotopic (exact) mass is 794 g/mol. The number of rotatable bonds is 4. The normalized spacial score (nSPS) is 12.0. The molecule has 2 heteroatoms. The number of hydrogen-bond donors (Lipinski definition) is 0. The number of hydrogen-bond acceptors (Lipinski definition) is 2. The number of thiophene rings is 2. The van der Waals surface area contributed by atoms with Crippen molar-refractivity contribution in [2.24, 2.45) is 0 Å². The van der Waals surface area contributed by atoms with E-state index in [4.69, 9.17) is 0 Å². The first-order chi connectivity index (χ1) is 29.8. The second kappa shape index (κ2) is 13.2. The van der Waals surface area contributed by atoms with Gasteiger partial charge < -0.3 is 0 Å². The van der Waals surface area contributed by atoms with Gasteiger partial charge in [-0.2, -0.15) is 0 Å². The van der Waals surface area contributed by atoms with Gasteiger partial charge in [-0.15, -0.1) is 22.7 Å². The van der Waals surface area contributed by atoms with Gasteiger partial charge in [-0.3, -0.25) is 0 Å². The number of fused-ring (bicyclic) bond motifs is 10. The summed E-state index contributed by atoms with van der Waals surface area (Å²) in [6, 6.07) is 76.8. The average molecular weight is 795 g/mol. The molecular formula is C58H34S2. The molecule has 0 bridgehead atoms. The Kier molecular flexibility index (Phi) is 7.45. The first-order valence-corrected chi connectivity index (χ1v) is 22.2. The van der Waals surface area contributed by atoms with Crippen LogP contribution in [-0.2, 0) is 0 Å². The van der Waals surface area contributed by atoms with Crippen LogP contribution >= 0.6 is 22.7 Å². The summed E-state index contributed by atoms with van der Waals surface area (Å²) in [7, 11) is 0. The van der Waals surface area contributed by atoms with Crippen molar-refractivity contribution in [1.82, 2.24) is 0 Å². The van der Waals surface area contributed by atoms with Crippen molar-refractivity contribution in [1.29, 1.82) is 0 Å². The molecule has 0 amide bonds. The Labute approximate surface area is 354 Å². The smallest absolute Gasteiger partial charge is 0.0434 e. The van der Waals surface area contributed by atoms with Gasteiger partial charge in [0.25, 0.3) is 0 Å². The summed E-state index contributed by atoms with van der Waals surface area (Å²) in [6.07, 6.45) is 0. The largest absolute Gasteiger partial charge is 0.135 e. The second-order valence-electron chi connectivity index (χ2n) is 15.9. The highest BCUT2D eigenvalue weighted by Crippen LogP contribution is 2.50. The Balaban J connectivity index is 1.04. The molecule has 0 atom stereocenters. The molecule has 11 aromatic carbocycles. The molecule has 278 valence electrons. The molecule has 0 spiro atoms. The summed E-state index contributed by atoms with van der Waals surface area (Å²) in [5.74, 6) is 0. The highest BCUT2D eigenvalue weighted by molar-refractivity contribution is 7.26. The molecule has 13 rings (SSSR count). The average Bonchev–Trinajstić information content (AvgIpc) is 3.88. The summed E-state index contributed by atoms with van der Waals surface area (Å²) in [5, 5.41) is 15.5. The van der Waals surface area contributed by atoms with Crippen molar-refractivity contribution in [2.75, 3.05) is 0 Å². The van der Waals surface area contributed by atoms with Crippen molar-refractivity contribution in [2.45, 2.75) is 0 Å². The zero-order valence-electron chi connectivity index (χ0n) is 32.4. The zero-order valence-corrected chi connectivity index (χ0v) is 34.1. The van der Waals surface area contributed by atoms with Gasteiger partial charge in [0.1, 0.15) is 0 Å². The predicted octanol–water partition coefficient (Wildman–Crippen LogP) is 17.7. The molecule has 13 aromatic rings. The maximum atomic E-state index is 2.46. The standard InChI is InChI=1S/C58H34S2/c1-2-15-35(16-3-1)54-44-22-8-10-24-46(44)57(47-25-11-9-23-45(47)54)49-27-14-26-48-50-33-36(30-32-52(50)60-58(48)49)55-40-18-4-6-20-42(40)56(43-21-7-5-19-41(43)55)37-29-31-39-38-17-12-13-28-51(38)59-53(39)34-37/h1-34H. The van der Waals surface area contributed by atoms with Gasteiger partial charge in [0.15, 0.2) is 0 Å². The van der Waals surface area contributed by atoms with E-state index in [1.165, 1.54) is 128 Å². The number of benzene rings is 11. The lowest BCUT2D eigenvalue weighted by Gasteiger charge is -2.18. The fourth-order valence-electron chi connectivity index (χ4n) is 10.1. The van der Waals surface area contributed by atoms with Crippen molar-refractivity contribution < 1.29 is 0 Å². The molecule has 2 heterocycles. The summed E-state index contributed by atoms with van der Waals surface area (Å²) in [4.78, 5) is 0. The van der Waals surface area contributed by atoms with Crippen LogP contribution in [-0.4, -0.2) is 0 Å². The predicted molar refractivity (Wildman–Crippen MR) is 264 cm³/mol. The maximum absolute atomic E-state index is 2.46. The molecule has 0 N–H and O–H groups in total. The lowest BCUT2D eigenvalue weighted by molar-refractivity contribution is 1.67. The minimum absolute atomic E-state index is 1.24. The SMILES string of the molecule is c1ccc(-c2c3ccccc3c(-c3cccc4c3sc3ccc(-c5c6ccccc6c(-c6ccc7c(c6)sc6ccccc67)c6ccccc56)cc34)c3ccccc23)cc1. The Morgan fingerprint density at radius 1 is 0.217 bits per heavy atom. The van der Waals surface area contributed by atoms with Gasteiger partial charge in [-0.05, 0) is 106 Å². The molecular weight excluding hydrogens is 761 g/mol. The van der Waals surface area contributed by atoms with Crippen LogP contribution in [0.1, 0.15) is 0 Å².